The van der Waals surface area contributed by atoms with E-state index >= 15 is 0 Å². The van der Waals surface area contributed by atoms with E-state index < -0.39 is 0 Å². The highest BCUT2D eigenvalue weighted by Crippen LogP contribution is 2.29. The summed E-state index contributed by atoms with van der Waals surface area (Å²) < 4.78 is 0. The van der Waals surface area contributed by atoms with E-state index in [0.717, 1.165) is 18.2 Å². The molecule has 18 heavy (non-hydrogen) atoms. The minimum absolute atomic E-state index is 0.593. The predicted octanol–water partition coefficient (Wildman–Crippen LogP) is 4.14. The first-order valence-electron chi connectivity index (χ1n) is 7.00. The molecule has 0 N–H and O–H groups in total. The first kappa shape index (κ1) is 13.8. The summed E-state index contributed by atoms with van der Waals surface area (Å²) in [5.74, 6) is 0.957. The van der Waals surface area contributed by atoms with Crippen LogP contribution in [-0.4, -0.2) is 23.0 Å². The Labute approximate surface area is 115 Å². The van der Waals surface area contributed by atoms with E-state index in [1.165, 1.54) is 32.1 Å². The SMILES string of the molecule is CCC1CCC(N(C)Cc2cccc(Cl)n2)CC1. The zero-order chi connectivity index (χ0) is 13.0. The van der Waals surface area contributed by atoms with Gasteiger partial charge >= 0.3 is 0 Å². The Balaban J connectivity index is 1.87. The Hall–Kier alpha value is -0.600. The molecule has 0 unspecified atom stereocenters. The Morgan fingerprint density at radius 1 is 1.28 bits per heavy atom. The average molecular weight is 267 g/mol. The molecule has 1 aliphatic rings. The van der Waals surface area contributed by atoms with Crippen molar-refractivity contribution in [3.8, 4) is 0 Å². The standard InChI is InChI=1S/C15H23ClN2/c1-3-12-7-9-14(10-8-12)18(2)11-13-5-4-6-15(16)17-13/h4-6,12,14H,3,7-11H2,1-2H3. The monoisotopic (exact) mass is 266 g/mol. The summed E-state index contributed by atoms with van der Waals surface area (Å²) in [6, 6.07) is 6.58. The molecule has 0 bridgehead atoms. The second kappa shape index (κ2) is 6.53. The van der Waals surface area contributed by atoms with Gasteiger partial charge in [-0.25, -0.2) is 4.98 Å². The first-order chi connectivity index (χ1) is 8.69. The van der Waals surface area contributed by atoms with E-state index in [4.69, 9.17) is 11.6 Å². The number of aromatic nitrogens is 1. The molecule has 1 heterocycles. The summed E-state index contributed by atoms with van der Waals surface area (Å²) in [7, 11) is 2.21. The van der Waals surface area contributed by atoms with Gasteiger partial charge in [0.2, 0.25) is 0 Å². The summed E-state index contributed by atoms with van der Waals surface area (Å²) in [5, 5.41) is 0.593. The molecule has 2 nitrogen and oxygen atoms in total. The van der Waals surface area contributed by atoms with Gasteiger partial charge in [-0.1, -0.05) is 31.0 Å². The van der Waals surface area contributed by atoms with Crippen molar-refractivity contribution in [3.05, 3.63) is 29.0 Å². The quantitative estimate of drug-likeness (QED) is 0.762. The molecule has 0 amide bonds. The summed E-state index contributed by atoms with van der Waals surface area (Å²) in [5.41, 5.74) is 1.07. The van der Waals surface area contributed by atoms with E-state index in [-0.39, 0.29) is 0 Å². The van der Waals surface area contributed by atoms with Crippen molar-refractivity contribution in [1.82, 2.24) is 9.88 Å². The molecule has 1 fully saturated rings. The lowest BCUT2D eigenvalue weighted by atomic mass is 9.84. The van der Waals surface area contributed by atoms with Gasteiger partial charge in [-0.2, -0.15) is 0 Å². The normalized spacial score (nSPS) is 24.4. The largest absolute Gasteiger partial charge is 0.298 e. The van der Waals surface area contributed by atoms with E-state index in [9.17, 15) is 0 Å². The highest BCUT2D eigenvalue weighted by atomic mass is 35.5. The van der Waals surface area contributed by atoms with Crippen LogP contribution >= 0.6 is 11.6 Å². The average Bonchev–Trinajstić information content (AvgIpc) is 2.39. The highest BCUT2D eigenvalue weighted by molar-refractivity contribution is 6.29. The van der Waals surface area contributed by atoms with Crippen LogP contribution in [0.25, 0.3) is 0 Å². The molecule has 2 rings (SSSR count). The molecule has 1 saturated carbocycles. The van der Waals surface area contributed by atoms with Crippen LogP contribution in [0.4, 0.5) is 0 Å². The maximum Gasteiger partial charge on any atom is 0.129 e. The second-order valence-corrected chi connectivity index (χ2v) is 5.84. The fourth-order valence-electron chi connectivity index (χ4n) is 2.92. The predicted molar refractivity (Wildman–Crippen MR) is 76.8 cm³/mol. The van der Waals surface area contributed by atoms with E-state index in [0.29, 0.717) is 11.2 Å². The zero-order valence-corrected chi connectivity index (χ0v) is 12.2. The molecule has 0 aliphatic heterocycles. The molecular formula is C15H23ClN2. The van der Waals surface area contributed by atoms with Crippen LogP contribution in [0.15, 0.2) is 18.2 Å². The molecule has 1 aromatic rings. The lowest BCUT2D eigenvalue weighted by molar-refractivity contribution is 0.156. The maximum atomic E-state index is 5.92. The topological polar surface area (TPSA) is 16.1 Å². The number of hydrogen-bond acceptors (Lipinski definition) is 2. The summed E-state index contributed by atoms with van der Waals surface area (Å²) in [6.07, 6.45) is 6.76. The van der Waals surface area contributed by atoms with E-state index in [1.807, 2.05) is 12.1 Å². The van der Waals surface area contributed by atoms with Crippen LogP contribution in [0, 0.1) is 5.92 Å². The third-order valence-corrected chi connectivity index (χ3v) is 4.41. The van der Waals surface area contributed by atoms with Gasteiger partial charge in [0, 0.05) is 12.6 Å². The van der Waals surface area contributed by atoms with Gasteiger partial charge in [-0.15, -0.1) is 0 Å². The van der Waals surface area contributed by atoms with Gasteiger partial charge in [0.05, 0.1) is 5.69 Å². The van der Waals surface area contributed by atoms with Crippen molar-refractivity contribution < 1.29 is 0 Å². The maximum absolute atomic E-state index is 5.92. The number of pyridine rings is 1. The molecule has 0 radical (unpaired) electrons. The van der Waals surface area contributed by atoms with Gasteiger partial charge in [-0.05, 0) is 50.8 Å². The number of nitrogens with zero attached hydrogens (tertiary/aromatic N) is 2. The molecule has 3 heteroatoms. The third kappa shape index (κ3) is 3.69. The molecule has 0 saturated heterocycles. The van der Waals surface area contributed by atoms with Gasteiger partial charge < -0.3 is 0 Å². The molecular weight excluding hydrogens is 244 g/mol. The molecule has 1 aromatic heterocycles. The van der Waals surface area contributed by atoms with E-state index in [2.05, 4.69) is 29.9 Å². The lowest BCUT2D eigenvalue weighted by Gasteiger charge is -2.34. The second-order valence-electron chi connectivity index (χ2n) is 5.45. The van der Waals surface area contributed by atoms with Gasteiger partial charge in [0.1, 0.15) is 5.15 Å². The van der Waals surface area contributed by atoms with Crippen LogP contribution in [0.1, 0.15) is 44.7 Å². The lowest BCUT2D eigenvalue weighted by Crippen LogP contribution is -2.34. The first-order valence-corrected chi connectivity index (χ1v) is 7.38. The molecule has 0 spiro atoms. The Morgan fingerprint density at radius 3 is 2.61 bits per heavy atom. The van der Waals surface area contributed by atoms with Crippen molar-refractivity contribution in [3.63, 3.8) is 0 Å². The molecule has 0 atom stereocenters. The molecule has 0 aromatic carbocycles. The molecule has 100 valence electrons. The minimum atomic E-state index is 0.593. The number of hydrogen-bond donors (Lipinski definition) is 0. The van der Waals surface area contributed by atoms with E-state index in [1.54, 1.807) is 0 Å². The number of rotatable bonds is 4. The number of halogens is 1. The van der Waals surface area contributed by atoms with Crippen LogP contribution in [0.2, 0.25) is 5.15 Å². The van der Waals surface area contributed by atoms with Crippen LogP contribution in [0.5, 0.6) is 0 Å². The van der Waals surface area contributed by atoms with Crippen molar-refractivity contribution in [2.24, 2.45) is 5.92 Å². The van der Waals surface area contributed by atoms with Crippen molar-refractivity contribution >= 4 is 11.6 Å². The summed E-state index contributed by atoms with van der Waals surface area (Å²) >= 11 is 5.92. The third-order valence-electron chi connectivity index (χ3n) is 4.20. The van der Waals surface area contributed by atoms with Crippen molar-refractivity contribution in [1.29, 1.82) is 0 Å². The Kier molecular flexibility index (Phi) is 5.02. The van der Waals surface area contributed by atoms with Gasteiger partial charge in [0.15, 0.2) is 0 Å². The van der Waals surface area contributed by atoms with Crippen LogP contribution < -0.4 is 0 Å². The summed E-state index contributed by atoms with van der Waals surface area (Å²) in [6.45, 7) is 3.21. The van der Waals surface area contributed by atoms with Gasteiger partial charge in [0.25, 0.3) is 0 Å². The zero-order valence-electron chi connectivity index (χ0n) is 11.4. The van der Waals surface area contributed by atoms with Crippen molar-refractivity contribution in [2.75, 3.05) is 7.05 Å². The minimum Gasteiger partial charge on any atom is -0.298 e. The fourth-order valence-corrected chi connectivity index (χ4v) is 3.10. The molecule has 1 aliphatic carbocycles. The Bertz CT molecular complexity index is 373. The van der Waals surface area contributed by atoms with Crippen LogP contribution in [-0.2, 0) is 6.54 Å². The van der Waals surface area contributed by atoms with Gasteiger partial charge in [-0.3, -0.25) is 4.90 Å². The fraction of sp³-hybridized carbons (Fsp3) is 0.667. The van der Waals surface area contributed by atoms with Crippen molar-refractivity contribution in [2.45, 2.75) is 51.6 Å². The Morgan fingerprint density at radius 2 is 2.00 bits per heavy atom. The summed E-state index contributed by atoms with van der Waals surface area (Å²) in [4.78, 5) is 6.80. The highest BCUT2D eigenvalue weighted by Gasteiger charge is 2.23. The van der Waals surface area contributed by atoms with Crippen LogP contribution in [0.3, 0.4) is 0 Å². The smallest absolute Gasteiger partial charge is 0.129 e.